The zero-order valence-corrected chi connectivity index (χ0v) is 55.0. The third-order valence-corrected chi connectivity index (χ3v) is 20.1. The van der Waals surface area contributed by atoms with E-state index in [9.17, 15) is 0 Å². The van der Waals surface area contributed by atoms with Crippen LogP contribution in [0.15, 0.2) is 400 Å². The van der Waals surface area contributed by atoms with Gasteiger partial charge in [-0.2, -0.15) is 0 Å². The topological polar surface area (TPSA) is 0 Å². The number of rotatable bonds is 16. The Morgan fingerprint density at radius 3 is 0.455 bits per heavy atom. The summed E-state index contributed by atoms with van der Waals surface area (Å²) in [6.45, 7) is 0. The Labute approximate surface area is 581 Å². The minimum Gasteiger partial charge on any atom is -0.0622 e. The third-order valence-electron chi connectivity index (χ3n) is 20.1. The fraction of sp³-hybridized carbons (Fsp3) is 0.0303. The lowest BCUT2D eigenvalue weighted by atomic mass is 9.69. The highest BCUT2D eigenvalue weighted by Gasteiger charge is 2.43. The lowest BCUT2D eigenvalue weighted by molar-refractivity contribution is 0.520. The maximum Gasteiger partial charge on any atom is 0.0295 e. The fourth-order valence-corrected chi connectivity index (χ4v) is 15.4. The molecule has 0 atom stereocenters. The Morgan fingerprint density at radius 2 is 0.273 bits per heavy atom. The van der Waals surface area contributed by atoms with Crippen LogP contribution < -0.4 is 0 Å². The van der Waals surface area contributed by atoms with Gasteiger partial charge in [0.25, 0.3) is 0 Å². The monoisotopic (exact) mass is 1260 g/mol. The first-order valence-electron chi connectivity index (χ1n) is 34.5. The highest BCUT2D eigenvalue weighted by Crippen LogP contribution is 2.54. The second-order valence-corrected chi connectivity index (χ2v) is 26.5. The number of fused-ring (bicyclic) bond motifs is 3. The summed E-state index contributed by atoms with van der Waals surface area (Å²) >= 11 is 0. The molecule has 0 saturated carbocycles. The highest BCUT2D eigenvalue weighted by atomic mass is 14.5. The predicted molar refractivity (Wildman–Crippen MR) is 418 cm³/mol. The van der Waals surface area contributed by atoms with E-state index >= 15 is 0 Å². The Hall–Kier alpha value is -12.5. The van der Waals surface area contributed by atoms with Crippen molar-refractivity contribution in [3.8, 4) is 145 Å². The summed E-state index contributed by atoms with van der Waals surface area (Å²) < 4.78 is 0. The van der Waals surface area contributed by atoms with Crippen LogP contribution in [0.5, 0.6) is 0 Å². The fourth-order valence-electron chi connectivity index (χ4n) is 15.4. The van der Waals surface area contributed by atoms with Crippen LogP contribution in [0.25, 0.3) is 145 Å². The second kappa shape index (κ2) is 26.6. The van der Waals surface area contributed by atoms with Gasteiger partial charge in [0.1, 0.15) is 0 Å². The molecule has 0 N–H and O–H groups in total. The molecule has 0 unspecified atom stereocenters. The largest absolute Gasteiger partial charge is 0.0622 e. The molecule has 0 bridgehead atoms. The summed E-state index contributed by atoms with van der Waals surface area (Å²) in [5.41, 5.74) is 35.5. The van der Waals surface area contributed by atoms with E-state index in [-0.39, 0.29) is 0 Å². The van der Waals surface area contributed by atoms with E-state index < -0.39 is 5.41 Å². The quantitative estimate of drug-likeness (QED) is 0.0904. The molecule has 0 spiro atoms. The first-order chi connectivity index (χ1) is 49.0. The van der Waals surface area contributed by atoms with Crippen LogP contribution in [-0.2, 0) is 18.3 Å². The van der Waals surface area contributed by atoms with Crippen LogP contribution in [0.1, 0.15) is 22.3 Å². The molecule has 0 aliphatic heterocycles. The average molecular weight is 1260 g/mol. The second-order valence-electron chi connectivity index (χ2n) is 26.5. The normalized spacial score (nSPS) is 12.0. The van der Waals surface area contributed by atoms with Crippen LogP contribution >= 0.6 is 0 Å². The molecule has 0 heterocycles. The standard InChI is InChI=1S/C99H70/c1-9-29-71(30-10-1)83-55-84(72-31-11-2-12-32-72)60-91(59-83)79-49-69(50-80(53-79)92-61-85(73-33-13-3-14-34-73)56-86(62-92)74-35-15-4-16-36-74)67-99(97-47-27-25-45-95(97)96-46-26-28-48-98(96)99)68-70-51-81(93-63-87(75-37-17-5-18-38-75)57-88(64-93)76-39-19-6-20-40-76)54-82(52-70)94-65-89(77-41-21-7-22-42-77)58-90(66-94)78-43-23-8-24-44-78/h1-66H,67-68H2. The van der Waals surface area contributed by atoms with Crippen LogP contribution in [0.3, 0.4) is 0 Å². The summed E-state index contributed by atoms with van der Waals surface area (Å²) in [4.78, 5) is 0. The van der Waals surface area contributed by atoms with Gasteiger partial charge < -0.3 is 0 Å². The Balaban J connectivity index is 0.912. The van der Waals surface area contributed by atoms with E-state index in [0.717, 1.165) is 12.8 Å². The highest BCUT2D eigenvalue weighted by molar-refractivity contribution is 5.90. The summed E-state index contributed by atoms with van der Waals surface area (Å²) in [5, 5.41) is 0. The summed E-state index contributed by atoms with van der Waals surface area (Å²) in [6.07, 6.45) is 1.44. The molecule has 0 saturated heterocycles. The van der Waals surface area contributed by atoms with Crippen molar-refractivity contribution in [2.75, 3.05) is 0 Å². The Kier molecular flexibility index (Phi) is 16.2. The molecule has 17 rings (SSSR count). The Bertz CT molecular complexity index is 4670. The average Bonchev–Trinajstić information content (AvgIpc) is 1.57. The van der Waals surface area contributed by atoms with Gasteiger partial charge in [0.2, 0.25) is 0 Å². The Morgan fingerprint density at radius 1 is 0.131 bits per heavy atom. The first kappa shape index (κ1) is 60.2. The van der Waals surface area contributed by atoms with Gasteiger partial charge >= 0.3 is 0 Å². The maximum atomic E-state index is 2.52. The van der Waals surface area contributed by atoms with Gasteiger partial charge in [-0.05, 0) is 265 Å². The SMILES string of the molecule is c1ccc(-c2cc(-c3ccccc3)cc(-c3cc(CC4(Cc5cc(-c6cc(-c7ccccc7)cc(-c7ccccc7)c6)cc(-c6cc(-c7ccccc7)cc(-c7ccccc7)c6)c5)c5ccccc5-c5ccccc54)cc(-c4cc(-c5ccccc5)cc(-c5ccccc5)c4)c3)c2)cc1. The molecule has 0 amide bonds. The lowest BCUT2D eigenvalue weighted by Gasteiger charge is -2.34. The maximum absolute atomic E-state index is 2.52. The van der Waals surface area contributed by atoms with Crippen molar-refractivity contribution >= 4 is 0 Å². The zero-order chi connectivity index (χ0) is 65.9. The lowest BCUT2D eigenvalue weighted by Crippen LogP contribution is -2.31. The first-order valence-corrected chi connectivity index (χ1v) is 34.5. The molecule has 0 nitrogen and oxygen atoms in total. The van der Waals surface area contributed by atoms with Crippen molar-refractivity contribution in [3.63, 3.8) is 0 Å². The molecule has 16 aromatic carbocycles. The molecule has 0 radical (unpaired) electrons. The van der Waals surface area contributed by atoms with Gasteiger partial charge in [-0.3, -0.25) is 0 Å². The smallest absolute Gasteiger partial charge is 0.0295 e. The van der Waals surface area contributed by atoms with E-state index in [2.05, 4.69) is 400 Å². The van der Waals surface area contributed by atoms with Crippen LogP contribution in [-0.4, -0.2) is 0 Å². The van der Waals surface area contributed by atoms with E-state index in [1.165, 1.54) is 167 Å². The molecule has 466 valence electrons. The van der Waals surface area contributed by atoms with Gasteiger partial charge in [-0.25, -0.2) is 0 Å². The van der Waals surface area contributed by atoms with Crippen molar-refractivity contribution in [3.05, 3.63) is 423 Å². The van der Waals surface area contributed by atoms with E-state index in [0.29, 0.717) is 0 Å². The summed E-state index contributed by atoms with van der Waals surface area (Å²) in [5.74, 6) is 0. The van der Waals surface area contributed by atoms with E-state index in [4.69, 9.17) is 0 Å². The number of hydrogen-bond donors (Lipinski definition) is 0. The van der Waals surface area contributed by atoms with Gasteiger partial charge in [0.15, 0.2) is 0 Å². The molecule has 16 aromatic rings. The summed E-state index contributed by atoms with van der Waals surface area (Å²) in [7, 11) is 0. The zero-order valence-electron chi connectivity index (χ0n) is 55.0. The minimum absolute atomic E-state index is 0.538. The van der Waals surface area contributed by atoms with Gasteiger partial charge in [-0.1, -0.05) is 315 Å². The van der Waals surface area contributed by atoms with Crippen molar-refractivity contribution in [1.29, 1.82) is 0 Å². The molecule has 0 heteroatoms. The molecule has 1 aliphatic carbocycles. The van der Waals surface area contributed by atoms with Crippen molar-refractivity contribution in [2.24, 2.45) is 0 Å². The van der Waals surface area contributed by atoms with E-state index in [1.807, 2.05) is 0 Å². The predicted octanol–water partition coefficient (Wildman–Crippen LogP) is 26.4. The van der Waals surface area contributed by atoms with Crippen molar-refractivity contribution < 1.29 is 0 Å². The van der Waals surface area contributed by atoms with Gasteiger partial charge in [0.05, 0.1) is 0 Å². The summed E-state index contributed by atoms with van der Waals surface area (Å²) in [6, 6.07) is 149. The van der Waals surface area contributed by atoms with Gasteiger partial charge in [0, 0.05) is 5.41 Å². The third kappa shape index (κ3) is 12.4. The molecule has 99 heavy (non-hydrogen) atoms. The van der Waals surface area contributed by atoms with E-state index in [1.54, 1.807) is 0 Å². The van der Waals surface area contributed by atoms with Gasteiger partial charge in [-0.15, -0.1) is 0 Å². The molecular formula is C99H70. The van der Waals surface area contributed by atoms with Crippen molar-refractivity contribution in [1.82, 2.24) is 0 Å². The minimum atomic E-state index is -0.538. The number of benzene rings is 16. The molecule has 1 aliphatic rings. The van der Waals surface area contributed by atoms with Crippen LogP contribution in [0.4, 0.5) is 0 Å². The van der Waals surface area contributed by atoms with Crippen molar-refractivity contribution in [2.45, 2.75) is 18.3 Å². The van der Waals surface area contributed by atoms with Crippen LogP contribution in [0, 0.1) is 0 Å². The molecule has 0 fully saturated rings. The molecular weight excluding hydrogens is 1190 g/mol. The number of hydrogen-bond acceptors (Lipinski definition) is 0. The van der Waals surface area contributed by atoms with Crippen LogP contribution in [0.2, 0.25) is 0 Å². The molecule has 0 aromatic heterocycles.